The van der Waals surface area contributed by atoms with Gasteiger partial charge in [0.1, 0.15) is 10.6 Å². The molecule has 1 aliphatic rings. The SMILES string of the molecule is CCC(CC)(OC)c1nc(C2(N)CC2)cs1. The van der Waals surface area contributed by atoms with Gasteiger partial charge < -0.3 is 10.5 Å². The van der Waals surface area contributed by atoms with Crippen LogP contribution in [0, 0.1) is 0 Å². The van der Waals surface area contributed by atoms with E-state index in [1.807, 2.05) is 0 Å². The van der Waals surface area contributed by atoms with Crippen LogP contribution in [0.15, 0.2) is 5.38 Å². The first-order chi connectivity index (χ1) is 7.60. The monoisotopic (exact) mass is 240 g/mol. The molecule has 0 amide bonds. The molecule has 1 saturated carbocycles. The van der Waals surface area contributed by atoms with Crippen molar-refractivity contribution in [3.63, 3.8) is 0 Å². The van der Waals surface area contributed by atoms with Crippen LogP contribution in [0.2, 0.25) is 0 Å². The Kier molecular flexibility index (Phi) is 3.07. The van der Waals surface area contributed by atoms with Crippen molar-refractivity contribution in [1.82, 2.24) is 4.98 Å². The van der Waals surface area contributed by atoms with Gasteiger partial charge in [-0.1, -0.05) is 13.8 Å². The Labute approximate surface area is 101 Å². The summed E-state index contributed by atoms with van der Waals surface area (Å²) in [6, 6.07) is 0. The zero-order valence-corrected chi connectivity index (χ0v) is 11.1. The van der Waals surface area contributed by atoms with Crippen LogP contribution in [0.25, 0.3) is 0 Å². The van der Waals surface area contributed by atoms with Gasteiger partial charge in [-0.05, 0) is 25.7 Å². The number of aromatic nitrogens is 1. The third-order valence-corrected chi connectivity index (χ3v) is 4.75. The largest absolute Gasteiger partial charge is 0.371 e. The van der Waals surface area contributed by atoms with E-state index in [1.165, 1.54) is 0 Å². The third kappa shape index (κ3) is 1.79. The molecule has 16 heavy (non-hydrogen) atoms. The fourth-order valence-corrected chi connectivity index (χ4v) is 3.28. The summed E-state index contributed by atoms with van der Waals surface area (Å²) in [6.07, 6.45) is 4.03. The zero-order valence-electron chi connectivity index (χ0n) is 10.2. The molecular weight excluding hydrogens is 220 g/mol. The van der Waals surface area contributed by atoms with Crippen LogP contribution in [0.1, 0.15) is 50.2 Å². The van der Waals surface area contributed by atoms with Gasteiger partial charge in [-0.25, -0.2) is 4.98 Å². The topological polar surface area (TPSA) is 48.1 Å². The van der Waals surface area contributed by atoms with E-state index in [-0.39, 0.29) is 11.1 Å². The average molecular weight is 240 g/mol. The first kappa shape index (κ1) is 12.0. The average Bonchev–Trinajstić information content (AvgIpc) is 2.86. The van der Waals surface area contributed by atoms with E-state index < -0.39 is 0 Å². The maximum Gasteiger partial charge on any atom is 0.125 e. The first-order valence-electron chi connectivity index (χ1n) is 5.91. The van der Waals surface area contributed by atoms with Crippen molar-refractivity contribution in [3.05, 3.63) is 16.1 Å². The molecule has 2 rings (SSSR count). The maximum atomic E-state index is 6.15. The summed E-state index contributed by atoms with van der Waals surface area (Å²) in [6.45, 7) is 4.28. The molecule has 0 aromatic carbocycles. The normalized spacial score (nSPS) is 18.8. The molecule has 0 bridgehead atoms. The quantitative estimate of drug-likeness (QED) is 0.861. The highest BCUT2D eigenvalue weighted by Gasteiger charge is 2.43. The lowest BCUT2D eigenvalue weighted by atomic mass is 9.98. The van der Waals surface area contributed by atoms with Gasteiger partial charge in [0.15, 0.2) is 0 Å². The number of ether oxygens (including phenoxy) is 1. The van der Waals surface area contributed by atoms with Gasteiger partial charge in [-0.15, -0.1) is 11.3 Å². The van der Waals surface area contributed by atoms with Gasteiger partial charge in [0.05, 0.1) is 11.2 Å². The minimum absolute atomic E-state index is 0.129. The Hall–Kier alpha value is -0.450. The van der Waals surface area contributed by atoms with Gasteiger partial charge in [-0.3, -0.25) is 0 Å². The van der Waals surface area contributed by atoms with E-state index in [0.29, 0.717) is 0 Å². The number of nitrogens with two attached hydrogens (primary N) is 1. The molecule has 2 N–H and O–H groups in total. The summed E-state index contributed by atoms with van der Waals surface area (Å²) in [5, 5.41) is 3.17. The van der Waals surface area contributed by atoms with Crippen LogP contribution < -0.4 is 5.73 Å². The van der Waals surface area contributed by atoms with Crippen molar-refractivity contribution in [2.75, 3.05) is 7.11 Å². The predicted molar refractivity (Wildman–Crippen MR) is 66.5 cm³/mol. The molecule has 0 radical (unpaired) electrons. The number of hydrogen-bond donors (Lipinski definition) is 1. The van der Waals surface area contributed by atoms with E-state index in [2.05, 4.69) is 19.2 Å². The van der Waals surface area contributed by atoms with Crippen molar-refractivity contribution in [1.29, 1.82) is 0 Å². The summed E-state index contributed by atoms with van der Waals surface area (Å²) in [5.74, 6) is 0. The van der Waals surface area contributed by atoms with E-state index in [1.54, 1.807) is 18.4 Å². The van der Waals surface area contributed by atoms with Crippen LogP contribution in [0.3, 0.4) is 0 Å². The first-order valence-corrected chi connectivity index (χ1v) is 6.78. The fraction of sp³-hybridized carbons (Fsp3) is 0.750. The summed E-state index contributed by atoms with van der Waals surface area (Å²) < 4.78 is 5.68. The van der Waals surface area contributed by atoms with Crippen molar-refractivity contribution in [2.24, 2.45) is 5.73 Å². The molecule has 3 nitrogen and oxygen atoms in total. The van der Waals surface area contributed by atoms with Gasteiger partial charge in [0.25, 0.3) is 0 Å². The fourth-order valence-electron chi connectivity index (χ4n) is 2.03. The Morgan fingerprint density at radius 1 is 1.50 bits per heavy atom. The molecule has 1 heterocycles. The molecule has 0 unspecified atom stereocenters. The van der Waals surface area contributed by atoms with Crippen LogP contribution in [-0.2, 0) is 15.9 Å². The molecule has 0 aliphatic heterocycles. The molecule has 0 atom stereocenters. The third-order valence-electron chi connectivity index (χ3n) is 3.73. The second-order valence-corrected chi connectivity index (χ2v) is 5.46. The molecule has 4 heteroatoms. The minimum Gasteiger partial charge on any atom is -0.371 e. The van der Waals surface area contributed by atoms with Crippen LogP contribution >= 0.6 is 11.3 Å². The minimum atomic E-state index is -0.214. The van der Waals surface area contributed by atoms with Crippen LogP contribution in [-0.4, -0.2) is 12.1 Å². The molecule has 90 valence electrons. The Balaban J connectivity index is 2.29. The molecule has 1 aromatic rings. The lowest BCUT2D eigenvalue weighted by Crippen LogP contribution is -2.27. The standard InChI is InChI=1S/C12H20N2OS/c1-4-12(5-2,15-3)10-14-9(8-16-10)11(13)6-7-11/h8H,4-7,13H2,1-3H3. The smallest absolute Gasteiger partial charge is 0.125 e. The Bertz CT molecular complexity index is 359. The van der Waals surface area contributed by atoms with Crippen LogP contribution in [0.5, 0.6) is 0 Å². The second kappa shape index (κ2) is 4.09. The summed E-state index contributed by atoms with van der Waals surface area (Å²) in [4.78, 5) is 4.70. The highest BCUT2D eigenvalue weighted by Crippen LogP contribution is 2.44. The van der Waals surface area contributed by atoms with Crippen molar-refractivity contribution < 1.29 is 4.74 Å². The summed E-state index contributed by atoms with van der Waals surface area (Å²) in [7, 11) is 1.77. The Morgan fingerprint density at radius 2 is 2.12 bits per heavy atom. The molecule has 0 spiro atoms. The predicted octanol–water partition coefficient (Wildman–Crippen LogP) is 2.75. The van der Waals surface area contributed by atoms with E-state index in [0.717, 1.165) is 36.4 Å². The highest BCUT2D eigenvalue weighted by molar-refractivity contribution is 7.09. The number of rotatable bonds is 5. The lowest BCUT2D eigenvalue weighted by molar-refractivity contribution is -0.0220. The summed E-state index contributed by atoms with van der Waals surface area (Å²) >= 11 is 1.68. The maximum absolute atomic E-state index is 6.15. The van der Waals surface area contributed by atoms with Crippen molar-refractivity contribution >= 4 is 11.3 Å². The molecular formula is C12H20N2OS. The molecule has 1 fully saturated rings. The number of hydrogen-bond acceptors (Lipinski definition) is 4. The lowest BCUT2D eigenvalue weighted by Gasteiger charge is -2.27. The number of thiazole rings is 1. The van der Waals surface area contributed by atoms with Gasteiger partial charge in [0, 0.05) is 12.5 Å². The Morgan fingerprint density at radius 3 is 2.56 bits per heavy atom. The van der Waals surface area contributed by atoms with E-state index >= 15 is 0 Å². The summed E-state index contributed by atoms with van der Waals surface area (Å²) in [5.41, 5.74) is 6.86. The van der Waals surface area contributed by atoms with Gasteiger partial charge >= 0.3 is 0 Å². The number of nitrogens with zero attached hydrogens (tertiary/aromatic N) is 1. The van der Waals surface area contributed by atoms with Gasteiger partial charge in [0.2, 0.25) is 0 Å². The van der Waals surface area contributed by atoms with Crippen molar-refractivity contribution in [2.45, 2.75) is 50.7 Å². The molecule has 1 aliphatic carbocycles. The second-order valence-electron chi connectivity index (χ2n) is 4.60. The van der Waals surface area contributed by atoms with Crippen molar-refractivity contribution in [3.8, 4) is 0 Å². The van der Waals surface area contributed by atoms with Gasteiger partial charge in [-0.2, -0.15) is 0 Å². The highest BCUT2D eigenvalue weighted by atomic mass is 32.1. The molecule has 1 aromatic heterocycles. The zero-order chi connectivity index (χ0) is 11.8. The number of methoxy groups -OCH3 is 1. The molecule has 0 saturated heterocycles. The van der Waals surface area contributed by atoms with E-state index in [4.69, 9.17) is 15.5 Å². The van der Waals surface area contributed by atoms with Crippen LogP contribution in [0.4, 0.5) is 0 Å². The van der Waals surface area contributed by atoms with E-state index in [9.17, 15) is 0 Å².